The summed E-state index contributed by atoms with van der Waals surface area (Å²) in [5.41, 5.74) is -0.856. The van der Waals surface area contributed by atoms with Crippen molar-refractivity contribution in [3.8, 4) is 5.75 Å². The summed E-state index contributed by atoms with van der Waals surface area (Å²) < 4.78 is 29.2. The first-order chi connectivity index (χ1) is 11.2. The van der Waals surface area contributed by atoms with E-state index >= 15 is 0 Å². The van der Waals surface area contributed by atoms with Crippen LogP contribution in [-0.2, 0) is 16.1 Å². The number of alkyl halides is 2. The van der Waals surface area contributed by atoms with Gasteiger partial charge in [-0.05, 0) is 31.0 Å². The second-order valence-corrected chi connectivity index (χ2v) is 5.81. The molecule has 134 valence electrons. The Morgan fingerprint density at radius 3 is 2.46 bits per heavy atom. The molecule has 0 unspecified atom stereocenters. The van der Waals surface area contributed by atoms with E-state index < -0.39 is 23.9 Å². The van der Waals surface area contributed by atoms with E-state index in [9.17, 15) is 23.5 Å². The maximum Gasteiger partial charge on any atom is 0.387 e. The molecule has 1 rings (SSSR count). The van der Waals surface area contributed by atoms with E-state index in [1.807, 2.05) is 0 Å². The molecule has 0 saturated carbocycles. The highest BCUT2D eigenvalue weighted by Crippen LogP contribution is 2.31. The van der Waals surface area contributed by atoms with E-state index in [0.29, 0.717) is 17.9 Å². The Morgan fingerprint density at radius 2 is 1.96 bits per heavy atom. The first kappa shape index (κ1) is 20.2. The van der Waals surface area contributed by atoms with Crippen molar-refractivity contribution < 1.29 is 28.2 Å². The Balaban J connectivity index is 2.80. The van der Waals surface area contributed by atoms with Gasteiger partial charge in [0.15, 0.2) is 0 Å². The van der Waals surface area contributed by atoms with Gasteiger partial charge in [0.05, 0.1) is 5.41 Å². The van der Waals surface area contributed by atoms with Gasteiger partial charge >= 0.3 is 12.6 Å². The lowest BCUT2D eigenvalue weighted by Crippen LogP contribution is -2.36. The zero-order valence-corrected chi connectivity index (χ0v) is 14.2. The molecule has 0 aliphatic rings. The zero-order chi connectivity index (χ0) is 18.3. The lowest BCUT2D eigenvalue weighted by Gasteiger charge is -2.25. The van der Waals surface area contributed by atoms with Gasteiger partial charge in [-0.3, -0.25) is 9.59 Å². The van der Waals surface area contributed by atoms with E-state index in [1.54, 1.807) is 13.8 Å². The number of ether oxygens (including phenoxy) is 1. The first-order valence-corrected chi connectivity index (χ1v) is 7.85. The molecule has 8 heteroatoms. The molecule has 0 heterocycles. The number of aliphatic carboxylic acids is 1. The molecule has 24 heavy (non-hydrogen) atoms. The minimum Gasteiger partial charge on any atom is -0.481 e. The summed E-state index contributed by atoms with van der Waals surface area (Å²) in [5, 5.41) is 12.2. The summed E-state index contributed by atoms with van der Waals surface area (Å²) in [6.45, 7) is 0.317. The predicted molar refractivity (Wildman–Crippen MR) is 85.2 cm³/mol. The van der Waals surface area contributed by atoms with Gasteiger partial charge in [-0.15, -0.1) is 0 Å². The fourth-order valence-corrected chi connectivity index (χ4v) is 2.53. The Bertz CT molecular complexity index is 591. The summed E-state index contributed by atoms with van der Waals surface area (Å²) in [4.78, 5) is 23.5. The maximum absolute atomic E-state index is 12.4. The van der Waals surface area contributed by atoms with Crippen molar-refractivity contribution in [2.75, 3.05) is 0 Å². The molecule has 1 amide bonds. The Hall–Kier alpha value is -1.89. The van der Waals surface area contributed by atoms with Gasteiger partial charge in [0.2, 0.25) is 5.91 Å². The van der Waals surface area contributed by atoms with Crippen LogP contribution in [0.15, 0.2) is 18.2 Å². The van der Waals surface area contributed by atoms with Crippen LogP contribution in [0.1, 0.15) is 38.7 Å². The van der Waals surface area contributed by atoms with Crippen LogP contribution in [0.25, 0.3) is 0 Å². The SMILES string of the molecule is CCC(CC)(CC(=O)NCc1cc(Cl)ccc1OC(F)F)C(=O)O. The molecule has 1 aromatic carbocycles. The van der Waals surface area contributed by atoms with Gasteiger partial charge in [0.1, 0.15) is 5.75 Å². The third kappa shape index (κ3) is 5.33. The van der Waals surface area contributed by atoms with E-state index in [-0.39, 0.29) is 24.3 Å². The third-order valence-electron chi connectivity index (χ3n) is 4.02. The van der Waals surface area contributed by atoms with E-state index in [2.05, 4.69) is 10.1 Å². The first-order valence-electron chi connectivity index (χ1n) is 7.47. The largest absolute Gasteiger partial charge is 0.481 e. The molecule has 0 atom stereocenters. The van der Waals surface area contributed by atoms with Gasteiger partial charge in [-0.2, -0.15) is 8.78 Å². The molecule has 0 radical (unpaired) electrons. The molecule has 0 saturated heterocycles. The topological polar surface area (TPSA) is 75.6 Å². The van der Waals surface area contributed by atoms with Crippen LogP contribution in [0.5, 0.6) is 5.75 Å². The molecule has 0 bridgehead atoms. The molecule has 2 N–H and O–H groups in total. The molecular weight excluding hydrogens is 344 g/mol. The summed E-state index contributed by atoms with van der Waals surface area (Å²) >= 11 is 5.83. The average Bonchev–Trinajstić information content (AvgIpc) is 2.52. The Morgan fingerprint density at radius 1 is 1.33 bits per heavy atom. The number of carbonyl (C=O) groups excluding carboxylic acids is 1. The lowest BCUT2D eigenvalue weighted by molar-refractivity contribution is -0.152. The van der Waals surface area contributed by atoms with Crippen molar-refractivity contribution in [1.82, 2.24) is 5.32 Å². The number of nitrogens with one attached hydrogen (secondary N) is 1. The minimum absolute atomic E-state index is 0.0924. The molecule has 0 aromatic heterocycles. The van der Waals surface area contributed by atoms with E-state index in [1.165, 1.54) is 18.2 Å². The van der Waals surface area contributed by atoms with Crippen molar-refractivity contribution in [2.45, 2.75) is 46.3 Å². The monoisotopic (exact) mass is 363 g/mol. The normalized spacial score (nSPS) is 11.4. The second-order valence-electron chi connectivity index (χ2n) is 5.38. The molecule has 0 aliphatic carbocycles. The second kappa shape index (κ2) is 8.82. The van der Waals surface area contributed by atoms with Crippen LogP contribution in [-0.4, -0.2) is 23.6 Å². The van der Waals surface area contributed by atoms with E-state index in [0.717, 1.165) is 0 Å². The number of hydrogen-bond acceptors (Lipinski definition) is 3. The van der Waals surface area contributed by atoms with Crippen molar-refractivity contribution in [3.63, 3.8) is 0 Å². The quantitative estimate of drug-likeness (QED) is 0.699. The lowest BCUT2D eigenvalue weighted by atomic mass is 9.79. The van der Waals surface area contributed by atoms with Gasteiger partial charge < -0.3 is 15.2 Å². The van der Waals surface area contributed by atoms with Crippen molar-refractivity contribution in [1.29, 1.82) is 0 Å². The molecule has 5 nitrogen and oxygen atoms in total. The van der Waals surface area contributed by atoms with Gasteiger partial charge in [-0.1, -0.05) is 25.4 Å². The summed E-state index contributed by atoms with van der Waals surface area (Å²) in [6.07, 6.45) is 0.424. The highest BCUT2D eigenvalue weighted by Gasteiger charge is 2.37. The van der Waals surface area contributed by atoms with Crippen LogP contribution in [0.3, 0.4) is 0 Å². The van der Waals surface area contributed by atoms with Crippen molar-refractivity contribution >= 4 is 23.5 Å². The highest BCUT2D eigenvalue weighted by molar-refractivity contribution is 6.30. The van der Waals surface area contributed by atoms with Crippen molar-refractivity contribution in [2.24, 2.45) is 5.41 Å². The van der Waals surface area contributed by atoms with Gasteiger partial charge in [0.25, 0.3) is 0 Å². The van der Waals surface area contributed by atoms with Gasteiger partial charge in [-0.25, -0.2) is 0 Å². The molecule has 0 fully saturated rings. The number of carbonyl (C=O) groups is 2. The highest BCUT2D eigenvalue weighted by atomic mass is 35.5. The molecule has 1 aromatic rings. The number of carboxylic acids is 1. The number of hydrogen-bond donors (Lipinski definition) is 2. The van der Waals surface area contributed by atoms with Crippen LogP contribution >= 0.6 is 11.6 Å². The van der Waals surface area contributed by atoms with Crippen LogP contribution in [0.2, 0.25) is 5.02 Å². The standard InChI is InChI=1S/C16H20ClF2NO4/c1-3-16(4-2,14(22)23)8-13(21)20-9-10-7-11(17)5-6-12(10)24-15(18)19/h5-7,15H,3-4,8-9H2,1-2H3,(H,20,21)(H,22,23). The maximum atomic E-state index is 12.4. The Labute approximate surface area is 143 Å². The van der Waals surface area contributed by atoms with Gasteiger partial charge in [0, 0.05) is 23.6 Å². The molecule has 0 spiro atoms. The van der Waals surface area contributed by atoms with Crippen LogP contribution < -0.4 is 10.1 Å². The fraction of sp³-hybridized carbons (Fsp3) is 0.500. The predicted octanol–water partition coefficient (Wildman–Crippen LogP) is 3.84. The number of halogens is 3. The summed E-state index contributed by atoms with van der Waals surface area (Å²) in [6, 6.07) is 4.09. The number of rotatable bonds is 9. The average molecular weight is 364 g/mol. The fourth-order valence-electron chi connectivity index (χ4n) is 2.34. The molecule has 0 aliphatic heterocycles. The van der Waals surface area contributed by atoms with E-state index in [4.69, 9.17) is 11.6 Å². The van der Waals surface area contributed by atoms with Crippen LogP contribution in [0.4, 0.5) is 8.78 Å². The minimum atomic E-state index is -3.00. The summed E-state index contributed by atoms with van der Waals surface area (Å²) in [7, 11) is 0. The Kier molecular flexibility index (Phi) is 7.41. The summed E-state index contributed by atoms with van der Waals surface area (Å²) in [5.74, 6) is -1.61. The van der Waals surface area contributed by atoms with Crippen LogP contribution in [0, 0.1) is 5.41 Å². The number of amides is 1. The van der Waals surface area contributed by atoms with Crippen molar-refractivity contribution in [3.05, 3.63) is 28.8 Å². The molecular formula is C16H20ClF2NO4. The third-order valence-corrected chi connectivity index (χ3v) is 4.26. The zero-order valence-electron chi connectivity index (χ0n) is 13.4. The smallest absolute Gasteiger partial charge is 0.387 e. The number of carboxylic acid groups (broad SMARTS) is 1. The number of benzene rings is 1.